The number of hydrogen-bond acceptors (Lipinski definition) is 3. The van der Waals surface area contributed by atoms with Crippen molar-refractivity contribution in [3.05, 3.63) is 28.2 Å². The van der Waals surface area contributed by atoms with Crippen LogP contribution in [0.3, 0.4) is 0 Å². The molecule has 17 heavy (non-hydrogen) atoms. The summed E-state index contributed by atoms with van der Waals surface area (Å²) in [5.74, 6) is -0.955. The van der Waals surface area contributed by atoms with Gasteiger partial charge in [-0.25, -0.2) is 4.79 Å². The van der Waals surface area contributed by atoms with Crippen LogP contribution in [0, 0.1) is 0 Å². The highest BCUT2D eigenvalue weighted by atomic mass is 79.9. The third-order valence-electron chi connectivity index (χ3n) is 2.41. The first-order valence-corrected chi connectivity index (χ1v) is 6.24. The van der Waals surface area contributed by atoms with Crippen LogP contribution in [0.4, 0.5) is 5.69 Å². The molecule has 0 bridgehead atoms. The zero-order valence-corrected chi connectivity index (χ0v) is 11.2. The van der Waals surface area contributed by atoms with Gasteiger partial charge in [0.15, 0.2) is 0 Å². The number of aromatic carboxylic acids is 1. The molecule has 0 fully saturated rings. The minimum absolute atomic E-state index is 0.126. The van der Waals surface area contributed by atoms with E-state index in [4.69, 9.17) is 10.2 Å². The Bertz CT molecular complexity index is 395. The number of halogens is 1. The van der Waals surface area contributed by atoms with Gasteiger partial charge in [-0.05, 0) is 38.0 Å². The summed E-state index contributed by atoms with van der Waals surface area (Å²) in [7, 11) is 0. The van der Waals surface area contributed by atoms with Gasteiger partial charge in [-0.15, -0.1) is 0 Å². The lowest BCUT2D eigenvalue weighted by Crippen LogP contribution is -2.17. The molecule has 1 atom stereocenters. The molecule has 4 nitrogen and oxygen atoms in total. The smallest absolute Gasteiger partial charge is 0.337 e. The van der Waals surface area contributed by atoms with E-state index in [9.17, 15) is 4.79 Å². The van der Waals surface area contributed by atoms with Crippen LogP contribution >= 0.6 is 15.9 Å². The fraction of sp³-hybridized carbons (Fsp3) is 0.417. The van der Waals surface area contributed by atoms with Crippen LogP contribution in [-0.4, -0.2) is 28.8 Å². The number of anilines is 1. The van der Waals surface area contributed by atoms with Crippen molar-refractivity contribution in [1.82, 2.24) is 0 Å². The maximum absolute atomic E-state index is 11.1. The van der Waals surface area contributed by atoms with Gasteiger partial charge in [0.2, 0.25) is 0 Å². The molecule has 3 N–H and O–H groups in total. The molecule has 1 rings (SSSR count). The van der Waals surface area contributed by atoms with Crippen LogP contribution in [0.15, 0.2) is 22.7 Å². The lowest BCUT2D eigenvalue weighted by Gasteiger charge is -2.16. The molecule has 0 aliphatic heterocycles. The van der Waals surface area contributed by atoms with Gasteiger partial charge in [-0.1, -0.05) is 15.9 Å². The van der Waals surface area contributed by atoms with Gasteiger partial charge >= 0.3 is 5.97 Å². The van der Waals surface area contributed by atoms with Crippen LogP contribution in [0.1, 0.15) is 30.1 Å². The Morgan fingerprint density at radius 2 is 2.24 bits per heavy atom. The summed E-state index contributed by atoms with van der Waals surface area (Å²) in [6.07, 6.45) is 1.50. The molecule has 0 aliphatic rings. The normalized spacial score (nSPS) is 12.2. The topological polar surface area (TPSA) is 69.6 Å². The van der Waals surface area contributed by atoms with Crippen molar-refractivity contribution in [2.75, 3.05) is 11.9 Å². The Labute approximate surface area is 109 Å². The maximum atomic E-state index is 11.1. The summed E-state index contributed by atoms with van der Waals surface area (Å²) in [5, 5.41) is 21.0. The standard InChI is InChI=1S/C12H16BrNO3/c1-8(3-2-6-15)14-11-5-4-9(13)7-10(11)12(16)17/h4-5,7-8,14-15H,2-3,6H2,1H3,(H,16,17). The van der Waals surface area contributed by atoms with Gasteiger partial charge in [0.1, 0.15) is 0 Å². The van der Waals surface area contributed by atoms with Gasteiger partial charge < -0.3 is 15.5 Å². The van der Waals surface area contributed by atoms with Gasteiger partial charge in [0.05, 0.1) is 5.56 Å². The van der Waals surface area contributed by atoms with E-state index in [0.29, 0.717) is 12.1 Å². The van der Waals surface area contributed by atoms with Crippen molar-refractivity contribution in [3.8, 4) is 0 Å². The van der Waals surface area contributed by atoms with E-state index < -0.39 is 5.97 Å². The highest BCUT2D eigenvalue weighted by Crippen LogP contribution is 2.22. The van der Waals surface area contributed by atoms with Crippen molar-refractivity contribution >= 4 is 27.6 Å². The Kier molecular flexibility index (Phi) is 5.44. The Morgan fingerprint density at radius 3 is 2.82 bits per heavy atom. The third kappa shape index (κ3) is 4.36. The van der Waals surface area contributed by atoms with Crippen LogP contribution < -0.4 is 5.32 Å². The fourth-order valence-electron chi connectivity index (χ4n) is 1.55. The molecule has 1 aromatic rings. The summed E-state index contributed by atoms with van der Waals surface area (Å²) in [6, 6.07) is 5.24. The highest BCUT2D eigenvalue weighted by molar-refractivity contribution is 9.10. The summed E-state index contributed by atoms with van der Waals surface area (Å²) in [6.45, 7) is 2.11. The van der Waals surface area contributed by atoms with E-state index in [1.807, 2.05) is 6.92 Å². The molecule has 0 saturated heterocycles. The van der Waals surface area contributed by atoms with E-state index >= 15 is 0 Å². The molecule has 94 valence electrons. The molecule has 1 aromatic carbocycles. The fourth-order valence-corrected chi connectivity index (χ4v) is 1.92. The number of hydrogen-bond donors (Lipinski definition) is 3. The Hall–Kier alpha value is -1.07. The lowest BCUT2D eigenvalue weighted by atomic mass is 10.1. The number of aliphatic hydroxyl groups excluding tert-OH is 1. The molecule has 0 amide bonds. The van der Waals surface area contributed by atoms with Crippen LogP contribution in [0.5, 0.6) is 0 Å². The second kappa shape index (κ2) is 6.61. The average Bonchev–Trinajstić information content (AvgIpc) is 2.28. The molecule has 0 heterocycles. The summed E-state index contributed by atoms with van der Waals surface area (Å²) in [5.41, 5.74) is 0.848. The molecule has 0 aliphatic carbocycles. The minimum Gasteiger partial charge on any atom is -0.478 e. The van der Waals surface area contributed by atoms with E-state index in [0.717, 1.165) is 10.9 Å². The molecule has 0 saturated carbocycles. The number of rotatable bonds is 6. The minimum atomic E-state index is -0.955. The van der Waals surface area contributed by atoms with E-state index in [1.54, 1.807) is 18.2 Å². The number of aliphatic hydroxyl groups is 1. The van der Waals surface area contributed by atoms with Gasteiger partial charge in [0, 0.05) is 22.8 Å². The Morgan fingerprint density at radius 1 is 1.53 bits per heavy atom. The average molecular weight is 302 g/mol. The van der Waals surface area contributed by atoms with Gasteiger partial charge in [0.25, 0.3) is 0 Å². The molecule has 5 heteroatoms. The summed E-state index contributed by atoms with van der Waals surface area (Å²) in [4.78, 5) is 11.1. The van der Waals surface area contributed by atoms with Crippen LogP contribution in [-0.2, 0) is 0 Å². The van der Waals surface area contributed by atoms with E-state index in [-0.39, 0.29) is 18.2 Å². The second-order valence-electron chi connectivity index (χ2n) is 3.91. The summed E-state index contributed by atoms with van der Waals surface area (Å²) >= 11 is 3.25. The molecule has 1 unspecified atom stereocenters. The van der Waals surface area contributed by atoms with Crippen LogP contribution in [0.25, 0.3) is 0 Å². The van der Waals surface area contributed by atoms with Crippen molar-refractivity contribution in [2.45, 2.75) is 25.8 Å². The van der Waals surface area contributed by atoms with Crippen molar-refractivity contribution < 1.29 is 15.0 Å². The number of carbonyl (C=O) groups is 1. The second-order valence-corrected chi connectivity index (χ2v) is 4.82. The van der Waals surface area contributed by atoms with Crippen molar-refractivity contribution in [2.24, 2.45) is 0 Å². The number of nitrogens with one attached hydrogen (secondary N) is 1. The first-order valence-electron chi connectivity index (χ1n) is 5.45. The van der Waals surface area contributed by atoms with Crippen molar-refractivity contribution in [3.63, 3.8) is 0 Å². The molecular formula is C12H16BrNO3. The SMILES string of the molecule is CC(CCCO)Nc1ccc(Br)cc1C(=O)O. The molecule has 0 radical (unpaired) electrons. The predicted octanol–water partition coefficient (Wildman–Crippen LogP) is 2.72. The molecular weight excluding hydrogens is 286 g/mol. The maximum Gasteiger partial charge on any atom is 0.337 e. The first kappa shape index (κ1) is 14.0. The first-order chi connectivity index (χ1) is 8.04. The molecule has 0 aromatic heterocycles. The zero-order valence-electron chi connectivity index (χ0n) is 9.61. The highest BCUT2D eigenvalue weighted by Gasteiger charge is 2.12. The summed E-state index contributed by atoms with van der Waals surface area (Å²) < 4.78 is 0.739. The molecule has 0 spiro atoms. The zero-order chi connectivity index (χ0) is 12.8. The Balaban J connectivity index is 2.79. The predicted molar refractivity (Wildman–Crippen MR) is 70.5 cm³/mol. The number of carboxylic acid groups (broad SMARTS) is 1. The third-order valence-corrected chi connectivity index (χ3v) is 2.90. The number of benzene rings is 1. The monoisotopic (exact) mass is 301 g/mol. The van der Waals surface area contributed by atoms with E-state index in [2.05, 4.69) is 21.2 Å². The quantitative estimate of drug-likeness (QED) is 0.755. The van der Waals surface area contributed by atoms with E-state index in [1.165, 1.54) is 0 Å². The van der Waals surface area contributed by atoms with Crippen LogP contribution in [0.2, 0.25) is 0 Å². The van der Waals surface area contributed by atoms with Gasteiger partial charge in [-0.3, -0.25) is 0 Å². The largest absolute Gasteiger partial charge is 0.478 e. The van der Waals surface area contributed by atoms with Gasteiger partial charge in [-0.2, -0.15) is 0 Å². The number of carboxylic acids is 1. The lowest BCUT2D eigenvalue weighted by molar-refractivity contribution is 0.0698. The van der Waals surface area contributed by atoms with Crippen molar-refractivity contribution in [1.29, 1.82) is 0 Å².